The first kappa shape index (κ1) is 10.7. The van der Waals surface area contributed by atoms with E-state index in [1.165, 1.54) is 0 Å². The van der Waals surface area contributed by atoms with Crippen molar-refractivity contribution in [2.45, 2.75) is 6.42 Å². The number of nitro groups is 1. The second kappa shape index (κ2) is 5.38. The van der Waals surface area contributed by atoms with Gasteiger partial charge in [-0.05, 0) is 6.42 Å². The highest BCUT2D eigenvalue weighted by molar-refractivity contribution is 5.78. The highest BCUT2D eigenvalue weighted by atomic mass is 16.7. The summed E-state index contributed by atoms with van der Waals surface area (Å²) in [7, 11) is 1.58. The molecule has 1 aliphatic rings. The summed E-state index contributed by atoms with van der Waals surface area (Å²) in [6, 6.07) is 0. The van der Waals surface area contributed by atoms with Crippen molar-refractivity contribution in [3.8, 4) is 0 Å². The molecule has 0 saturated carbocycles. The van der Waals surface area contributed by atoms with Crippen molar-refractivity contribution in [3.63, 3.8) is 0 Å². The maximum Gasteiger partial charge on any atom is 0.268 e. The lowest BCUT2D eigenvalue weighted by atomic mass is 10.1. The number of ether oxygens (including phenoxy) is 1. The van der Waals surface area contributed by atoms with Gasteiger partial charge in [-0.1, -0.05) is 0 Å². The minimum Gasteiger partial charge on any atom is -0.381 e. The molecule has 0 bridgehead atoms. The van der Waals surface area contributed by atoms with Gasteiger partial charge in [0.05, 0.1) is 6.61 Å². The Morgan fingerprint density at radius 2 is 2.57 bits per heavy atom. The number of hydrogen-bond donors (Lipinski definition) is 2. The molecule has 0 aromatic rings. The van der Waals surface area contributed by atoms with Crippen molar-refractivity contribution >= 4 is 5.96 Å². The van der Waals surface area contributed by atoms with E-state index in [4.69, 9.17) is 4.74 Å². The molecule has 80 valence electrons. The van der Waals surface area contributed by atoms with Crippen LogP contribution in [0, 0.1) is 16.0 Å². The van der Waals surface area contributed by atoms with Gasteiger partial charge in [-0.25, -0.2) is 10.1 Å². The first-order valence-corrected chi connectivity index (χ1v) is 4.44. The standard InChI is InChI=1S/C7H14N4O3/c1-8-7(10-11(12)13)9-4-6-2-3-14-5-6/h6H,2-5H2,1H3,(H2,8,9,10)/t6-/m0/s1. The summed E-state index contributed by atoms with van der Waals surface area (Å²) in [6.07, 6.45) is 0.989. The third-order valence-electron chi connectivity index (χ3n) is 2.00. The van der Waals surface area contributed by atoms with E-state index in [-0.39, 0.29) is 5.96 Å². The van der Waals surface area contributed by atoms with E-state index < -0.39 is 5.03 Å². The second-order valence-corrected chi connectivity index (χ2v) is 3.05. The fraction of sp³-hybridized carbons (Fsp3) is 0.857. The topological polar surface area (TPSA) is 88.8 Å². The molecule has 0 spiro atoms. The van der Waals surface area contributed by atoms with Gasteiger partial charge in [0.1, 0.15) is 5.10 Å². The van der Waals surface area contributed by atoms with E-state index in [1.807, 2.05) is 0 Å². The third-order valence-corrected chi connectivity index (χ3v) is 2.00. The average Bonchev–Trinajstić information content (AvgIpc) is 2.64. The number of hydrazone groups is 1. The molecule has 0 unspecified atom stereocenters. The fourth-order valence-corrected chi connectivity index (χ4v) is 1.24. The van der Waals surface area contributed by atoms with Gasteiger partial charge in [-0.3, -0.25) is 0 Å². The molecule has 14 heavy (non-hydrogen) atoms. The van der Waals surface area contributed by atoms with Gasteiger partial charge in [-0.2, -0.15) is 0 Å². The molecule has 1 rings (SSSR count). The molecule has 0 radical (unpaired) electrons. The number of rotatable bonds is 3. The van der Waals surface area contributed by atoms with Gasteiger partial charge in [0.2, 0.25) is 0 Å². The van der Waals surface area contributed by atoms with E-state index in [0.29, 0.717) is 19.1 Å². The van der Waals surface area contributed by atoms with Gasteiger partial charge < -0.3 is 15.4 Å². The minimum atomic E-state index is -0.732. The van der Waals surface area contributed by atoms with Gasteiger partial charge in [0, 0.05) is 26.1 Å². The summed E-state index contributed by atoms with van der Waals surface area (Å²) in [5.41, 5.74) is 0. The van der Waals surface area contributed by atoms with E-state index in [9.17, 15) is 10.1 Å². The smallest absolute Gasteiger partial charge is 0.268 e. The van der Waals surface area contributed by atoms with E-state index in [1.54, 1.807) is 7.05 Å². The minimum absolute atomic E-state index is 0.182. The van der Waals surface area contributed by atoms with Crippen LogP contribution < -0.4 is 10.6 Å². The SMILES string of the molecule is CN/C(=N\[N+](=O)[O-])NC[C@@H]1CCOC1. The van der Waals surface area contributed by atoms with Crippen LogP contribution in [0.2, 0.25) is 0 Å². The van der Waals surface area contributed by atoms with Gasteiger partial charge in [0.15, 0.2) is 5.03 Å². The second-order valence-electron chi connectivity index (χ2n) is 3.05. The van der Waals surface area contributed by atoms with Gasteiger partial charge >= 0.3 is 0 Å². The molecule has 7 nitrogen and oxygen atoms in total. The van der Waals surface area contributed by atoms with Crippen molar-refractivity contribution in [2.24, 2.45) is 11.0 Å². The zero-order chi connectivity index (χ0) is 10.4. The van der Waals surface area contributed by atoms with E-state index in [0.717, 1.165) is 13.0 Å². The Hall–Kier alpha value is -1.37. The summed E-state index contributed by atoms with van der Waals surface area (Å²) in [5.74, 6) is 0.599. The molecule has 1 heterocycles. The number of guanidine groups is 1. The molecular formula is C7H14N4O3. The first-order valence-electron chi connectivity index (χ1n) is 4.44. The zero-order valence-electron chi connectivity index (χ0n) is 8.02. The van der Waals surface area contributed by atoms with Crippen LogP contribution in [0.15, 0.2) is 5.10 Å². The van der Waals surface area contributed by atoms with Crippen molar-refractivity contribution < 1.29 is 9.77 Å². The maximum atomic E-state index is 10.1. The lowest BCUT2D eigenvalue weighted by molar-refractivity contribution is -0.485. The summed E-state index contributed by atoms with van der Waals surface area (Å²) in [6.45, 7) is 2.13. The predicted octanol–water partition coefficient (Wildman–Crippen LogP) is -0.620. The molecule has 0 aromatic carbocycles. The Morgan fingerprint density at radius 3 is 3.07 bits per heavy atom. The Labute approximate surface area is 81.7 Å². The fourth-order valence-electron chi connectivity index (χ4n) is 1.24. The third kappa shape index (κ3) is 3.56. The number of nitrogens with zero attached hydrogens (tertiary/aromatic N) is 2. The van der Waals surface area contributed by atoms with Crippen LogP contribution in [0.5, 0.6) is 0 Å². The highest BCUT2D eigenvalue weighted by Gasteiger charge is 2.16. The molecule has 1 atom stereocenters. The summed E-state index contributed by atoms with van der Waals surface area (Å²) in [4.78, 5) is 10.1. The molecule has 0 aromatic heterocycles. The van der Waals surface area contributed by atoms with Crippen LogP contribution in [0.1, 0.15) is 6.42 Å². The molecular weight excluding hydrogens is 188 g/mol. The Kier molecular flexibility index (Phi) is 4.11. The lowest BCUT2D eigenvalue weighted by Gasteiger charge is -2.09. The monoisotopic (exact) mass is 202 g/mol. The molecule has 0 amide bonds. The first-order chi connectivity index (χ1) is 6.72. The molecule has 1 fully saturated rings. The Morgan fingerprint density at radius 1 is 1.79 bits per heavy atom. The average molecular weight is 202 g/mol. The summed E-state index contributed by atoms with van der Waals surface area (Å²) < 4.78 is 5.17. The van der Waals surface area contributed by atoms with Crippen LogP contribution in [-0.2, 0) is 4.74 Å². The van der Waals surface area contributed by atoms with Gasteiger partial charge in [0.25, 0.3) is 5.96 Å². The van der Waals surface area contributed by atoms with Crippen LogP contribution in [0.3, 0.4) is 0 Å². The summed E-state index contributed by atoms with van der Waals surface area (Å²) >= 11 is 0. The lowest BCUT2D eigenvalue weighted by Crippen LogP contribution is -2.38. The maximum absolute atomic E-state index is 10.1. The Bertz CT molecular complexity index is 225. The molecule has 7 heteroatoms. The quantitative estimate of drug-likeness (QED) is 0.275. The molecule has 0 aliphatic carbocycles. The Balaban J connectivity index is 2.29. The summed E-state index contributed by atoms with van der Waals surface area (Å²) in [5, 5.41) is 18.0. The largest absolute Gasteiger partial charge is 0.381 e. The number of nitrogens with one attached hydrogen (secondary N) is 2. The van der Waals surface area contributed by atoms with Crippen molar-refractivity contribution in [1.29, 1.82) is 0 Å². The highest BCUT2D eigenvalue weighted by Crippen LogP contribution is 2.10. The van der Waals surface area contributed by atoms with Crippen molar-refractivity contribution in [3.05, 3.63) is 10.1 Å². The zero-order valence-corrected chi connectivity index (χ0v) is 8.02. The van der Waals surface area contributed by atoms with E-state index >= 15 is 0 Å². The van der Waals surface area contributed by atoms with Crippen LogP contribution in [-0.4, -0.2) is 37.8 Å². The number of hydrogen-bond acceptors (Lipinski definition) is 3. The van der Waals surface area contributed by atoms with Crippen molar-refractivity contribution in [1.82, 2.24) is 10.6 Å². The molecule has 1 saturated heterocycles. The van der Waals surface area contributed by atoms with Crippen LogP contribution in [0.25, 0.3) is 0 Å². The van der Waals surface area contributed by atoms with Crippen LogP contribution >= 0.6 is 0 Å². The normalized spacial score (nSPS) is 22.1. The van der Waals surface area contributed by atoms with Gasteiger partial charge in [-0.15, -0.1) is 0 Å². The molecule has 2 N–H and O–H groups in total. The predicted molar refractivity (Wildman–Crippen MR) is 50.4 cm³/mol. The van der Waals surface area contributed by atoms with Crippen LogP contribution in [0.4, 0.5) is 0 Å². The van der Waals surface area contributed by atoms with E-state index in [2.05, 4.69) is 15.7 Å². The molecule has 1 aliphatic heterocycles. The van der Waals surface area contributed by atoms with Crippen molar-refractivity contribution in [2.75, 3.05) is 26.8 Å².